The molecule has 1 aliphatic rings. The Morgan fingerprint density at radius 2 is 2.04 bits per heavy atom. The van der Waals surface area contributed by atoms with E-state index >= 15 is 0 Å². The third kappa shape index (κ3) is 3.48. The van der Waals surface area contributed by atoms with Crippen molar-refractivity contribution in [2.24, 2.45) is 0 Å². The standard InChI is InChI=1S/C21H19N3O2S/c1-13-7-8-17-19(11-13)27-21(22-17)23-20(26)12-18-16-6-4-3-5-15(16)9-10-24(18)14(2)25/h3-11,18H,12H2,1-2H3,(H,22,23,26)/t18-/m0/s1. The Hall–Kier alpha value is -2.99. The predicted molar refractivity (Wildman–Crippen MR) is 108 cm³/mol. The van der Waals surface area contributed by atoms with Crippen molar-refractivity contribution in [1.82, 2.24) is 9.88 Å². The summed E-state index contributed by atoms with van der Waals surface area (Å²) in [4.78, 5) is 30.8. The normalized spacial score (nSPS) is 15.6. The highest BCUT2D eigenvalue weighted by Crippen LogP contribution is 2.33. The van der Waals surface area contributed by atoms with Gasteiger partial charge in [-0.2, -0.15) is 0 Å². The summed E-state index contributed by atoms with van der Waals surface area (Å²) in [6, 6.07) is 13.5. The van der Waals surface area contributed by atoms with E-state index in [0.717, 1.165) is 26.9 Å². The first kappa shape index (κ1) is 17.4. The van der Waals surface area contributed by atoms with Crippen LogP contribution in [-0.4, -0.2) is 21.7 Å². The topological polar surface area (TPSA) is 62.3 Å². The molecule has 0 bridgehead atoms. The molecule has 0 radical (unpaired) electrons. The van der Waals surface area contributed by atoms with Crippen molar-refractivity contribution >= 4 is 44.6 Å². The van der Waals surface area contributed by atoms with Crippen molar-refractivity contribution in [2.75, 3.05) is 5.32 Å². The Kier molecular flexibility index (Phi) is 4.49. The van der Waals surface area contributed by atoms with E-state index in [9.17, 15) is 9.59 Å². The maximum Gasteiger partial charge on any atom is 0.228 e. The van der Waals surface area contributed by atoms with E-state index < -0.39 is 0 Å². The Bertz CT molecular complexity index is 1070. The third-order valence-corrected chi connectivity index (χ3v) is 5.57. The summed E-state index contributed by atoms with van der Waals surface area (Å²) in [5.41, 5.74) is 4.04. The Balaban J connectivity index is 1.56. The van der Waals surface area contributed by atoms with Crippen LogP contribution in [0.4, 0.5) is 5.13 Å². The molecule has 136 valence electrons. The molecule has 1 atom stereocenters. The number of aromatic nitrogens is 1. The van der Waals surface area contributed by atoms with Gasteiger partial charge in [0.2, 0.25) is 11.8 Å². The fraction of sp³-hybridized carbons (Fsp3) is 0.190. The molecule has 5 nitrogen and oxygen atoms in total. The van der Waals surface area contributed by atoms with Crippen LogP contribution in [0.15, 0.2) is 48.7 Å². The summed E-state index contributed by atoms with van der Waals surface area (Å²) < 4.78 is 1.04. The second-order valence-electron chi connectivity index (χ2n) is 6.63. The fourth-order valence-electron chi connectivity index (χ4n) is 3.34. The lowest BCUT2D eigenvalue weighted by Gasteiger charge is -2.32. The fourth-order valence-corrected chi connectivity index (χ4v) is 4.32. The number of hydrogen-bond donors (Lipinski definition) is 1. The molecule has 3 aromatic rings. The lowest BCUT2D eigenvalue weighted by molar-refractivity contribution is -0.129. The number of hydrogen-bond acceptors (Lipinski definition) is 4. The lowest BCUT2D eigenvalue weighted by atomic mass is 9.93. The Morgan fingerprint density at radius 1 is 1.22 bits per heavy atom. The molecule has 0 saturated heterocycles. The van der Waals surface area contributed by atoms with Crippen molar-refractivity contribution in [3.8, 4) is 0 Å². The second-order valence-corrected chi connectivity index (χ2v) is 7.66. The zero-order chi connectivity index (χ0) is 19.0. The number of aryl methyl sites for hydroxylation is 1. The number of amides is 2. The Labute approximate surface area is 161 Å². The molecule has 1 aromatic heterocycles. The number of rotatable bonds is 3. The van der Waals surface area contributed by atoms with Crippen LogP contribution in [0.5, 0.6) is 0 Å². The van der Waals surface area contributed by atoms with Gasteiger partial charge in [-0.25, -0.2) is 4.98 Å². The highest BCUT2D eigenvalue weighted by Gasteiger charge is 2.28. The quantitative estimate of drug-likeness (QED) is 0.731. The molecule has 2 heterocycles. The maximum absolute atomic E-state index is 12.7. The number of fused-ring (bicyclic) bond motifs is 2. The number of nitrogens with zero attached hydrogens (tertiary/aromatic N) is 2. The van der Waals surface area contributed by atoms with Gasteiger partial charge in [-0.1, -0.05) is 41.7 Å². The molecule has 0 spiro atoms. The average Bonchev–Trinajstić information content (AvgIpc) is 3.02. The van der Waals surface area contributed by atoms with Crippen molar-refractivity contribution < 1.29 is 9.59 Å². The largest absolute Gasteiger partial charge is 0.311 e. The lowest BCUT2D eigenvalue weighted by Crippen LogP contribution is -2.33. The summed E-state index contributed by atoms with van der Waals surface area (Å²) in [6.07, 6.45) is 3.83. The van der Waals surface area contributed by atoms with Gasteiger partial charge in [0, 0.05) is 13.1 Å². The number of benzene rings is 2. The molecule has 6 heteroatoms. The van der Waals surface area contributed by atoms with Crippen molar-refractivity contribution in [1.29, 1.82) is 0 Å². The molecule has 0 unspecified atom stereocenters. The van der Waals surface area contributed by atoms with E-state index in [1.165, 1.54) is 18.3 Å². The van der Waals surface area contributed by atoms with Gasteiger partial charge < -0.3 is 10.2 Å². The Morgan fingerprint density at radius 3 is 2.85 bits per heavy atom. The van der Waals surface area contributed by atoms with Crippen LogP contribution in [0.3, 0.4) is 0 Å². The van der Waals surface area contributed by atoms with Crippen LogP contribution < -0.4 is 5.32 Å². The van der Waals surface area contributed by atoms with Crippen molar-refractivity contribution in [2.45, 2.75) is 26.3 Å². The minimum absolute atomic E-state index is 0.0889. The molecular formula is C21H19N3O2S. The number of carbonyl (C=O) groups is 2. The van der Waals surface area contributed by atoms with E-state index in [1.54, 1.807) is 11.1 Å². The zero-order valence-electron chi connectivity index (χ0n) is 15.1. The predicted octanol–water partition coefficient (Wildman–Crippen LogP) is 4.51. The van der Waals surface area contributed by atoms with Gasteiger partial charge in [-0.3, -0.25) is 9.59 Å². The summed E-state index contributed by atoms with van der Waals surface area (Å²) in [5.74, 6) is -0.249. The summed E-state index contributed by atoms with van der Waals surface area (Å²) in [5, 5.41) is 3.47. The molecule has 2 amide bonds. The summed E-state index contributed by atoms with van der Waals surface area (Å²) in [7, 11) is 0. The molecule has 4 rings (SSSR count). The van der Waals surface area contributed by atoms with E-state index in [2.05, 4.69) is 16.4 Å². The minimum Gasteiger partial charge on any atom is -0.311 e. The van der Waals surface area contributed by atoms with Crippen LogP contribution in [0, 0.1) is 6.92 Å². The van der Waals surface area contributed by atoms with E-state index in [1.807, 2.05) is 49.4 Å². The summed E-state index contributed by atoms with van der Waals surface area (Å²) >= 11 is 1.46. The van der Waals surface area contributed by atoms with E-state index in [-0.39, 0.29) is 24.3 Å². The van der Waals surface area contributed by atoms with Gasteiger partial charge in [0.05, 0.1) is 22.7 Å². The first-order valence-corrected chi connectivity index (χ1v) is 9.56. The molecule has 2 aromatic carbocycles. The van der Waals surface area contributed by atoms with Gasteiger partial charge in [0.15, 0.2) is 5.13 Å². The molecule has 0 aliphatic carbocycles. The van der Waals surface area contributed by atoms with Gasteiger partial charge >= 0.3 is 0 Å². The zero-order valence-corrected chi connectivity index (χ0v) is 15.9. The van der Waals surface area contributed by atoms with Gasteiger partial charge in [0.1, 0.15) is 0 Å². The first-order chi connectivity index (χ1) is 13.0. The van der Waals surface area contributed by atoms with Crippen molar-refractivity contribution in [3.05, 3.63) is 65.4 Å². The molecule has 1 aliphatic heterocycles. The van der Waals surface area contributed by atoms with Crippen LogP contribution in [0.25, 0.3) is 16.3 Å². The number of carbonyl (C=O) groups excluding carboxylic acids is 2. The van der Waals surface area contributed by atoms with Crippen molar-refractivity contribution in [3.63, 3.8) is 0 Å². The number of thiazole rings is 1. The van der Waals surface area contributed by atoms with Gasteiger partial charge in [0.25, 0.3) is 0 Å². The van der Waals surface area contributed by atoms with Crippen LogP contribution in [0.1, 0.15) is 36.1 Å². The van der Waals surface area contributed by atoms with Crippen LogP contribution in [0.2, 0.25) is 0 Å². The molecule has 0 saturated carbocycles. The molecule has 1 N–H and O–H groups in total. The summed E-state index contributed by atoms with van der Waals surface area (Å²) in [6.45, 7) is 3.54. The highest BCUT2D eigenvalue weighted by molar-refractivity contribution is 7.22. The molecule has 27 heavy (non-hydrogen) atoms. The average molecular weight is 377 g/mol. The van der Waals surface area contributed by atoms with Crippen LogP contribution in [-0.2, 0) is 9.59 Å². The molecular weight excluding hydrogens is 358 g/mol. The third-order valence-electron chi connectivity index (χ3n) is 4.64. The van der Waals surface area contributed by atoms with Gasteiger partial charge in [-0.05, 0) is 41.8 Å². The molecule has 0 fully saturated rings. The second kappa shape index (κ2) is 6.96. The van der Waals surface area contributed by atoms with Crippen LogP contribution >= 0.6 is 11.3 Å². The highest BCUT2D eigenvalue weighted by atomic mass is 32.1. The first-order valence-electron chi connectivity index (χ1n) is 8.74. The van der Waals surface area contributed by atoms with E-state index in [4.69, 9.17) is 0 Å². The van der Waals surface area contributed by atoms with E-state index in [0.29, 0.717) is 5.13 Å². The number of anilines is 1. The monoisotopic (exact) mass is 377 g/mol. The van der Waals surface area contributed by atoms with Gasteiger partial charge in [-0.15, -0.1) is 0 Å². The SMILES string of the molecule is CC(=O)N1C=Cc2ccccc2[C@@H]1CC(=O)Nc1nc2ccc(C)cc2s1. The maximum atomic E-state index is 12.7. The number of nitrogens with one attached hydrogen (secondary N) is 1. The minimum atomic E-state index is -0.319. The smallest absolute Gasteiger partial charge is 0.228 e.